The average Bonchev–Trinajstić information content (AvgIpc) is 2.01. The summed E-state index contributed by atoms with van der Waals surface area (Å²) < 4.78 is 0. The van der Waals surface area contributed by atoms with Crippen LogP contribution in [0.4, 0.5) is 0 Å². The van der Waals surface area contributed by atoms with Gasteiger partial charge in [-0.3, -0.25) is 0 Å². The van der Waals surface area contributed by atoms with Gasteiger partial charge < -0.3 is 10.2 Å². The molecule has 0 spiro atoms. The van der Waals surface area contributed by atoms with Gasteiger partial charge in [0.15, 0.2) is 0 Å². The number of hydrogen-bond donors (Lipinski definition) is 2. The third kappa shape index (κ3) is 3.69. The molecule has 0 aliphatic carbocycles. The second-order valence-electron chi connectivity index (χ2n) is 4.85. The Labute approximate surface area is 87.3 Å². The highest BCUT2D eigenvalue weighted by Gasteiger charge is 2.25. The molecular weight excluding hydrogens is 176 g/mol. The molecule has 2 atom stereocenters. The highest BCUT2D eigenvalue weighted by Crippen LogP contribution is 2.18. The number of hydrogen-bond acceptors (Lipinski definition) is 2. The SMILES string of the molecule is CC(C)C(C)(O)C#CC(C)(O)C(C)C. The average molecular weight is 198 g/mol. The summed E-state index contributed by atoms with van der Waals surface area (Å²) in [6.07, 6.45) is 0. The van der Waals surface area contributed by atoms with E-state index in [2.05, 4.69) is 11.8 Å². The third-order valence-corrected chi connectivity index (χ3v) is 2.82. The van der Waals surface area contributed by atoms with E-state index in [-0.39, 0.29) is 11.8 Å². The van der Waals surface area contributed by atoms with Gasteiger partial charge in [0, 0.05) is 0 Å². The molecule has 0 aliphatic rings. The van der Waals surface area contributed by atoms with Gasteiger partial charge in [-0.1, -0.05) is 39.5 Å². The molecule has 2 N–H and O–H groups in total. The van der Waals surface area contributed by atoms with Crippen molar-refractivity contribution in [3.63, 3.8) is 0 Å². The van der Waals surface area contributed by atoms with Gasteiger partial charge in [-0.25, -0.2) is 0 Å². The minimum Gasteiger partial charge on any atom is -0.378 e. The first kappa shape index (κ1) is 13.5. The topological polar surface area (TPSA) is 40.5 Å². The third-order valence-electron chi connectivity index (χ3n) is 2.82. The highest BCUT2D eigenvalue weighted by molar-refractivity contribution is 5.20. The van der Waals surface area contributed by atoms with Gasteiger partial charge in [0.2, 0.25) is 0 Å². The summed E-state index contributed by atoms with van der Waals surface area (Å²) in [7, 11) is 0. The second kappa shape index (κ2) is 4.33. The molecule has 0 saturated carbocycles. The first-order valence-corrected chi connectivity index (χ1v) is 5.08. The number of rotatable bonds is 2. The van der Waals surface area contributed by atoms with Crippen LogP contribution in [-0.2, 0) is 0 Å². The van der Waals surface area contributed by atoms with E-state index in [4.69, 9.17) is 0 Å². The quantitative estimate of drug-likeness (QED) is 0.664. The standard InChI is InChI=1S/C12H22O2/c1-9(2)11(5,13)7-8-12(6,14)10(3)4/h9-10,13-14H,1-6H3. The van der Waals surface area contributed by atoms with Crippen LogP contribution in [0.1, 0.15) is 41.5 Å². The van der Waals surface area contributed by atoms with Crippen LogP contribution in [0.15, 0.2) is 0 Å². The zero-order chi connectivity index (χ0) is 11.6. The molecule has 0 heterocycles. The van der Waals surface area contributed by atoms with Gasteiger partial charge in [0.25, 0.3) is 0 Å². The van der Waals surface area contributed by atoms with E-state index in [0.29, 0.717) is 0 Å². The van der Waals surface area contributed by atoms with E-state index in [1.165, 1.54) is 0 Å². The van der Waals surface area contributed by atoms with E-state index >= 15 is 0 Å². The van der Waals surface area contributed by atoms with Gasteiger partial charge in [-0.15, -0.1) is 0 Å². The van der Waals surface area contributed by atoms with Crippen LogP contribution < -0.4 is 0 Å². The van der Waals surface area contributed by atoms with Gasteiger partial charge in [0.1, 0.15) is 11.2 Å². The summed E-state index contributed by atoms with van der Waals surface area (Å²) in [4.78, 5) is 0. The Morgan fingerprint density at radius 3 is 1.14 bits per heavy atom. The normalized spacial score (nSPS) is 19.9. The fourth-order valence-electron chi connectivity index (χ4n) is 0.542. The van der Waals surface area contributed by atoms with Crippen LogP contribution in [0.5, 0.6) is 0 Å². The Balaban J connectivity index is 4.74. The summed E-state index contributed by atoms with van der Waals surface area (Å²) in [6, 6.07) is 0. The molecule has 0 aliphatic heterocycles. The van der Waals surface area contributed by atoms with Crippen molar-refractivity contribution in [3.05, 3.63) is 0 Å². The highest BCUT2D eigenvalue weighted by atomic mass is 16.3. The van der Waals surface area contributed by atoms with Crippen molar-refractivity contribution in [2.45, 2.75) is 52.7 Å². The van der Waals surface area contributed by atoms with Crippen molar-refractivity contribution in [1.82, 2.24) is 0 Å². The maximum absolute atomic E-state index is 9.85. The Bertz CT molecular complexity index is 215. The molecule has 0 aromatic heterocycles. The lowest BCUT2D eigenvalue weighted by molar-refractivity contribution is 0.0611. The zero-order valence-corrected chi connectivity index (χ0v) is 10.0. The summed E-state index contributed by atoms with van der Waals surface area (Å²) in [5, 5.41) is 19.7. The first-order valence-electron chi connectivity index (χ1n) is 5.08. The van der Waals surface area contributed by atoms with Crippen LogP contribution in [0.2, 0.25) is 0 Å². The first-order chi connectivity index (χ1) is 6.09. The number of aliphatic hydroxyl groups is 2. The van der Waals surface area contributed by atoms with Crippen molar-refractivity contribution < 1.29 is 10.2 Å². The molecule has 0 amide bonds. The van der Waals surface area contributed by atoms with E-state index in [1.807, 2.05) is 27.7 Å². The lowest BCUT2D eigenvalue weighted by atomic mass is 9.89. The fraction of sp³-hybridized carbons (Fsp3) is 0.833. The van der Waals surface area contributed by atoms with E-state index < -0.39 is 11.2 Å². The lowest BCUT2D eigenvalue weighted by Gasteiger charge is -2.24. The molecule has 0 aromatic rings. The summed E-state index contributed by atoms with van der Waals surface area (Å²) >= 11 is 0. The smallest absolute Gasteiger partial charge is 0.125 e. The zero-order valence-electron chi connectivity index (χ0n) is 10.0. The van der Waals surface area contributed by atoms with Crippen molar-refractivity contribution in [2.24, 2.45) is 11.8 Å². The predicted molar refractivity (Wildman–Crippen MR) is 58.7 cm³/mol. The molecule has 0 rings (SSSR count). The predicted octanol–water partition coefficient (Wildman–Crippen LogP) is 1.80. The molecule has 2 unspecified atom stereocenters. The summed E-state index contributed by atoms with van der Waals surface area (Å²) in [5.74, 6) is 5.58. The van der Waals surface area contributed by atoms with Crippen LogP contribution in [-0.4, -0.2) is 21.4 Å². The minimum atomic E-state index is -1.03. The summed E-state index contributed by atoms with van der Waals surface area (Å²) in [5.41, 5.74) is -2.06. The Hall–Kier alpha value is -0.520. The van der Waals surface area contributed by atoms with Crippen LogP contribution in [0.3, 0.4) is 0 Å². The Morgan fingerprint density at radius 1 is 0.786 bits per heavy atom. The van der Waals surface area contributed by atoms with Gasteiger partial charge in [0.05, 0.1) is 0 Å². The Morgan fingerprint density at radius 2 is 1.00 bits per heavy atom. The van der Waals surface area contributed by atoms with E-state index in [1.54, 1.807) is 13.8 Å². The monoisotopic (exact) mass is 198 g/mol. The van der Waals surface area contributed by atoms with Crippen molar-refractivity contribution in [2.75, 3.05) is 0 Å². The van der Waals surface area contributed by atoms with Crippen molar-refractivity contribution >= 4 is 0 Å². The molecule has 0 bridgehead atoms. The Kier molecular flexibility index (Phi) is 4.17. The minimum absolute atomic E-state index is 0.0537. The van der Waals surface area contributed by atoms with Crippen LogP contribution >= 0.6 is 0 Å². The maximum Gasteiger partial charge on any atom is 0.125 e. The molecule has 0 fully saturated rings. The maximum atomic E-state index is 9.85. The fourth-order valence-corrected chi connectivity index (χ4v) is 0.542. The van der Waals surface area contributed by atoms with Gasteiger partial charge in [-0.2, -0.15) is 0 Å². The second-order valence-corrected chi connectivity index (χ2v) is 4.85. The largest absolute Gasteiger partial charge is 0.378 e. The van der Waals surface area contributed by atoms with Gasteiger partial charge >= 0.3 is 0 Å². The molecule has 2 nitrogen and oxygen atoms in total. The molecule has 82 valence electrons. The van der Waals surface area contributed by atoms with Crippen LogP contribution in [0.25, 0.3) is 0 Å². The van der Waals surface area contributed by atoms with Crippen molar-refractivity contribution in [1.29, 1.82) is 0 Å². The van der Waals surface area contributed by atoms with E-state index in [9.17, 15) is 10.2 Å². The van der Waals surface area contributed by atoms with Crippen molar-refractivity contribution in [3.8, 4) is 11.8 Å². The molecule has 14 heavy (non-hydrogen) atoms. The molecule has 0 aromatic carbocycles. The van der Waals surface area contributed by atoms with E-state index in [0.717, 1.165) is 0 Å². The molecular formula is C12H22O2. The van der Waals surface area contributed by atoms with Gasteiger partial charge in [-0.05, 0) is 25.7 Å². The lowest BCUT2D eigenvalue weighted by Crippen LogP contribution is -2.33. The summed E-state index contributed by atoms with van der Waals surface area (Å²) in [6.45, 7) is 10.9. The molecule has 2 heteroatoms. The van der Waals surface area contributed by atoms with Crippen LogP contribution in [0, 0.1) is 23.7 Å². The molecule has 0 radical (unpaired) electrons. The molecule has 0 saturated heterocycles.